The van der Waals surface area contributed by atoms with Crippen LogP contribution in [0.1, 0.15) is 39.2 Å². The Hall–Kier alpha value is -1.57. The van der Waals surface area contributed by atoms with E-state index >= 15 is 0 Å². The first-order valence-electron chi connectivity index (χ1n) is 6.93. The summed E-state index contributed by atoms with van der Waals surface area (Å²) in [5, 5.41) is 10.5. The van der Waals surface area contributed by atoms with Gasteiger partial charge in [-0.1, -0.05) is 51.1 Å². The zero-order chi connectivity index (χ0) is 13.8. The Balaban J connectivity index is 2.16. The topological polar surface area (TPSA) is 37.3 Å². The van der Waals surface area contributed by atoms with Crippen LogP contribution in [0.3, 0.4) is 0 Å². The van der Waals surface area contributed by atoms with E-state index in [2.05, 4.69) is 20.8 Å². The lowest BCUT2D eigenvalue weighted by Gasteiger charge is -2.31. The van der Waals surface area contributed by atoms with Crippen LogP contribution < -0.4 is 0 Å². The van der Waals surface area contributed by atoms with Gasteiger partial charge in [-0.3, -0.25) is 4.79 Å². The van der Waals surface area contributed by atoms with E-state index in [0.717, 1.165) is 18.4 Å². The molecule has 0 unspecified atom stereocenters. The number of benzene rings is 1. The molecule has 2 fully saturated rings. The van der Waals surface area contributed by atoms with Crippen LogP contribution in [0.4, 0.5) is 0 Å². The van der Waals surface area contributed by atoms with E-state index in [-0.39, 0.29) is 28.3 Å². The normalized spacial score (nSPS) is 34.7. The summed E-state index contributed by atoms with van der Waals surface area (Å²) in [4.78, 5) is 12.7. The van der Waals surface area contributed by atoms with Gasteiger partial charge in [0.15, 0.2) is 5.78 Å². The molecule has 0 spiro atoms. The number of hydrogen-bond acceptors (Lipinski definition) is 2. The van der Waals surface area contributed by atoms with Crippen molar-refractivity contribution in [2.75, 3.05) is 0 Å². The number of carbonyl (C=O) groups is 1. The maximum Gasteiger partial charge on any atom is 0.169 e. The Labute approximate surface area is 114 Å². The van der Waals surface area contributed by atoms with Gasteiger partial charge in [-0.25, -0.2) is 0 Å². The number of rotatable bonds is 1. The molecule has 2 aliphatic rings. The first-order chi connectivity index (χ1) is 8.89. The van der Waals surface area contributed by atoms with E-state index in [1.807, 2.05) is 30.3 Å². The third kappa shape index (κ3) is 1.40. The molecule has 1 aromatic carbocycles. The maximum absolute atomic E-state index is 12.7. The number of fused-ring (bicyclic) bond motifs is 2. The Morgan fingerprint density at radius 1 is 1.21 bits per heavy atom. The summed E-state index contributed by atoms with van der Waals surface area (Å²) in [5.41, 5.74) is 1.04. The second-order valence-corrected chi connectivity index (χ2v) is 6.60. The lowest BCUT2D eigenvalue weighted by atomic mass is 9.70. The van der Waals surface area contributed by atoms with Crippen LogP contribution in [-0.4, -0.2) is 10.9 Å². The predicted octanol–water partition coefficient (Wildman–Crippen LogP) is 3.98. The Kier molecular flexibility index (Phi) is 2.44. The molecule has 100 valence electrons. The minimum atomic E-state index is -0.310. The van der Waals surface area contributed by atoms with Gasteiger partial charge in [0.1, 0.15) is 5.76 Å². The van der Waals surface area contributed by atoms with Gasteiger partial charge in [0.25, 0.3) is 0 Å². The van der Waals surface area contributed by atoms with Gasteiger partial charge in [0, 0.05) is 16.6 Å². The summed E-state index contributed by atoms with van der Waals surface area (Å²) in [6, 6.07) is 9.40. The molecule has 2 atom stereocenters. The largest absolute Gasteiger partial charge is 0.507 e. The smallest absolute Gasteiger partial charge is 0.169 e. The molecule has 19 heavy (non-hydrogen) atoms. The molecule has 0 aliphatic heterocycles. The second kappa shape index (κ2) is 3.72. The Bertz CT molecular complexity index is 568. The average molecular weight is 256 g/mol. The minimum absolute atomic E-state index is 0.0534. The van der Waals surface area contributed by atoms with Crippen molar-refractivity contribution >= 4 is 11.5 Å². The SMILES string of the molecule is CC1(C)[C@H]2CC[C@]1(C)C(=O)C2=C(O)c1ccccc1. The third-order valence-corrected chi connectivity index (χ3v) is 5.62. The van der Waals surface area contributed by atoms with Crippen LogP contribution in [0, 0.1) is 16.7 Å². The van der Waals surface area contributed by atoms with Gasteiger partial charge in [-0.05, 0) is 24.2 Å². The molecule has 2 saturated carbocycles. The summed E-state index contributed by atoms with van der Waals surface area (Å²) in [5.74, 6) is 0.521. The van der Waals surface area contributed by atoms with Gasteiger partial charge in [0.05, 0.1) is 0 Å². The molecule has 3 rings (SSSR count). The van der Waals surface area contributed by atoms with Gasteiger partial charge >= 0.3 is 0 Å². The summed E-state index contributed by atoms with van der Waals surface area (Å²) in [6.07, 6.45) is 1.94. The van der Waals surface area contributed by atoms with Crippen molar-refractivity contribution in [3.8, 4) is 0 Å². The highest BCUT2D eigenvalue weighted by Crippen LogP contribution is 2.66. The molecule has 2 heteroatoms. The van der Waals surface area contributed by atoms with Crippen molar-refractivity contribution in [3.05, 3.63) is 41.5 Å². The van der Waals surface area contributed by atoms with Crippen molar-refractivity contribution in [2.45, 2.75) is 33.6 Å². The highest BCUT2D eigenvalue weighted by atomic mass is 16.3. The lowest BCUT2D eigenvalue weighted by Crippen LogP contribution is -2.32. The number of aliphatic hydroxyl groups is 1. The zero-order valence-electron chi connectivity index (χ0n) is 11.7. The molecule has 0 aromatic heterocycles. The van der Waals surface area contributed by atoms with E-state index in [4.69, 9.17) is 0 Å². The van der Waals surface area contributed by atoms with E-state index in [0.29, 0.717) is 5.57 Å². The number of allylic oxidation sites excluding steroid dienone is 1. The van der Waals surface area contributed by atoms with Crippen molar-refractivity contribution in [2.24, 2.45) is 16.7 Å². The first-order valence-corrected chi connectivity index (χ1v) is 6.93. The number of hydrogen-bond donors (Lipinski definition) is 1. The van der Waals surface area contributed by atoms with Crippen molar-refractivity contribution in [3.63, 3.8) is 0 Å². The van der Waals surface area contributed by atoms with Crippen LogP contribution in [0.25, 0.3) is 5.76 Å². The quantitative estimate of drug-likeness (QED) is 0.609. The van der Waals surface area contributed by atoms with Crippen LogP contribution in [-0.2, 0) is 4.79 Å². The Morgan fingerprint density at radius 2 is 1.84 bits per heavy atom. The fourth-order valence-electron chi connectivity index (χ4n) is 3.89. The van der Waals surface area contributed by atoms with Crippen LogP contribution >= 0.6 is 0 Å². The molecule has 1 aromatic rings. The van der Waals surface area contributed by atoms with Gasteiger partial charge in [0.2, 0.25) is 0 Å². The fraction of sp³-hybridized carbons (Fsp3) is 0.471. The second-order valence-electron chi connectivity index (χ2n) is 6.60. The number of aliphatic hydroxyl groups excluding tert-OH is 1. The predicted molar refractivity (Wildman–Crippen MR) is 75.6 cm³/mol. The molecule has 1 N–H and O–H groups in total. The summed E-state index contributed by atoms with van der Waals surface area (Å²) < 4.78 is 0. The van der Waals surface area contributed by atoms with E-state index in [1.54, 1.807) is 0 Å². The van der Waals surface area contributed by atoms with E-state index in [1.165, 1.54) is 0 Å². The average Bonchev–Trinajstić information content (AvgIpc) is 2.71. The number of ketones is 1. The highest BCUT2D eigenvalue weighted by molar-refractivity contribution is 6.09. The van der Waals surface area contributed by atoms with Crippen molar-refractivity contribution in [1.82, 2.24) is 0 Å². The summed E-state index contributed by atoms with van der Waals surface area (Å²) >= 11 is 0. The molecular formula is C17H20O2. The molecule has 2 nitrogen and oxygen atoms in total. The molecule has 2 bridgehead atoms. The zero-order valence-corrected chi connectivity index (χ0v) is 11.7. The third-order valence-electron chi connectivity index (χ3n) is 5.62. The maximum atomic E-state index is 12.7. The number of carbonyl (C=O) groups excluding carboxylic acids is 1. The van der Waals surface area contributed by atoms with E-state index in [9.17, 15) is 9.90 Å². The van der Waals surface area contributed by atoms with Crippen LogP contribution in [0.2, 0.25) is 0 Å². The molecule has 0 amide bonds. The highest BCUT2D eigenvalue weighted by Gasteiger charge is 2.64. The summed E-state index contributed by atoms with van der Waals surface area (Å²) in [7, 11) is 0. The Morgan fingerprint density at radius 3 is 2.37 bits per heavy atom. The molecule has 0 heterocycles. The first kappa shape index (κ1) is 12.5. The minimum Gasteiger partial charge on any atom is -0.507 e. The molecule has 0 saturated heterocycles. The standard InChI is InChI=1S/C17H20O2/c1-16(2)12-9-10-17(16,3)15(19)13(12)14(18)11-7-5-4-6-8-11/h4-8,12,18H,9-10H2,1-3H3/t12-,17+/m0/s1. The number of Topliss-reactive ketones (excluding diaryl/α,β-unsaturated/α-hetero) is 1. The van der Waals surface area contributed by atoms with Crippen LogP contribution in [0.5, 0.6) is 0 Å². The van der Waals surface area contributed by atoms with Crippen molar-refractivity contribution in [1.29, 1.82) is 0 Å². The fourth-order valence-corrected chi connectivity index (χ4v) is 3.89. The van der Waals surface area contributed by atoms with Gasteiger partial charge < -0.3 is 5.11 Å². The van der Waals surface area contributed by atoms with Gasteiger partial charge in [-0.15, -0.1) is 0 Å². The lowest BCUT2D eigenvalue weighted by molar-refractivity contribution is -0.125. The molecular weight excluding hydrogens is 236 g/mol. The molecule has 2 aliphatic carbocycles. The summed E-state index contributed by atoms with van der Waals surface area (Å²) in [6.45, 7) is 6.38. The van der Waals surface area contributed by atoms with Gasteiger partial charge in [-0.2, -0.15) is 0 Å². The molecule has 0 radical (unpaired) electrons. The van der Waals surface area contributed by atoms with Crippen LogP contribution in [0.15, 0.2) is 35.9 Å². The van der Waals surface area contributed by atoms with Crippen molar-refractivity contribution < 1.29 is 9.90 Å². The monoisotopic (exact) mass is 256 g/mol. The van der Waals surface area contributed by atoms with E-state index < -0.39 is 0 Å².